The van der Waals surface area contributed by atoms with Gasteiger partial charge in [0.2, 0.25) is 5.91 Å². The van der Waals surface area contributed by atoms with Crippen LogP contribution in [0, 0.1) is 0 Å². The van der Waals surface area contributed by atoms with Gasteiger partial charge < -0.3 is 5.32 Å². The minimum atomic E-state index is -0.195. The maximum absolute atomic E-state index is 12.2. The molecule has 0 aliphatic carbocycles. The predicted octanol–water partition coefficient (Wildman–Crippen LogP) is 3.58. The number of benzene rings is 1. The monoisotopic (exact) mass is 336 g/mol. The fraction of sp³-hybridized carbons (Fsp3) is 0.353. The molecule has 0 saturated carbocycles. The Hall–Kier alpha value is -1.36. The van der Waals surface area contributed by atoms with Crippen molar-refractivity contribution in [3.05, 3.63) is 57.2 Å². The number of carbonyl (C=O) groups is 1. The van der Waals surface area contributed by atoms with Crippen LogP contribution in [0.4, 0.5) is 0 Å². The van der Waals surface area contributed by atoms with Crippen molar-refractivity contribution in [2.75, 3.05) is 13.6 Å². The zero-order chi connectivity index (χ0) is 15.9. The van der Waals surface area contributed by atoms with Crippen molar-refractivity contribution >= 4 is 28.8 Å². The molecule has 1 aromatic heterocycles. The molecule has 0 aliphatic heterocycles. The molecule has 3 nitrogen and oxygen atoms in total. The van der Waals surface area contributed by atoms with E-state index in [0.717, 1.165) is 17.0 Å². The number of carbonyl (C=O) groups excluding carboxylic acids is 1. The van der Waals surface area contributed by atoms with Crippen LogP contribution in [0.15, 0.2) is 41.8 Å². The van der Waals surface area contributed by atoms with Crippen molar-refractivity contribution in [2.24, 2.45) is 0 Å². The van der Waals surface area contributed by atoms with Gasteiger partial charge in [-0.2, -0.15) is 0 Å². The summed E-state index contributed by atoms with van der Waals surface area (Å²) < 4.78 is 0. The van der Waals surface area contributed by atoms with Crippen LogP contribution in [0.3, 0.4) is 0 Å². The zero-order valence-corrected chi connectivity index (χ0v) is 14.5. The summed E-state index contributed by atoms with van der Waals surface area (Å²) in [6, 6.07) is 11.6. The molecule has 2 aromatic rings. The lowest BCUT2D eigenvalue weighted by atomic mass is 10.2. The van der Waals surface area contributed by atoms with Gasteiger partial charge in [-0.05, 0) is 43.5 Å². The molecule has 118 valence electrons. The average Bonchev–Trinajstić information content (AvgIpc) is 3.02. The van der Waals surface area contributed by atoms with Crippen LogP contribution in [-0.2, 0) is 17.8 Å². The van der Waals surface area contributed by atoms with Crippen LogP contribution in [0.2, 0.25) is 5.02 Å². The van der Waals surface area contributed by atoms with Crippen LogP contribution in [0.1, 0.15) is 17.4 Å². The average molecular weight is 337 g/mol. The van der Waals surface area contributed by atoms with E-state index in [1.807, 2.05) is 49.2 Å². The lowest BCUT2D eigenvalue weighted by Gasteiger charge is -2.24. The van der Waals surface area contributed by atoms with E-state index < -0.39 is 0 Å². The molecule has 2 rings (SSSR count). The van der Waals surface area contributed by atoms with Gasteiger partial charge in [-0.25, -0.2) is 0 Å². The Morgan fingerprint density at radius 2 is 2.09 bits per heavy atom. The van der Waals surface area contributed by atoms with E-state index in [4.69, 9.17) is 11.6 Å². The van der Waals surface area contributed by atoms with Crippen molar-refractivity contribution in [3.8, 4) is 0 Å². The maximum atomic E-state index is 12.2. The highest BCUT2D eigenvalue weighted by molar-refractivity contribution is 7.09. The first kappa shape index (κ1) is 17.0. The molecule has 5 heteroatoms. The van der Waals surface area contributed by atoms with E-state index in [1.165, 1.54) is 4.88 Å². The molecule has 1 atom stereocenters. The molecular formula is C17H21ClN2OS. The summed E-state index contributed by atoms with van der Waals surface area (Å²) in [7, 11) is 1.94. The van der Waals surface area contributed by atoms with E-state index in [1.54, 1.807) is 11.3 Å². The van der Waals surface area contributed by atoms with Gasteiger partial charge in [-0.15, -0.1) is 11.3 Å². The molecule has 1 aromatic carbocycles. The number of hydrogen-bond donors (Lipinski definition) is 1. The van der Waals surface area contributed by atoms with Gasteiger partial charge in [0.15, 0.2) is 0 Å². The number of halogens is 1. The standard InChI is InChI=1S/C17H21ClN2OS/c1-13(17(21)19-10-9-15-7-5-11-22-15)20(2)12-14-6-3-4-8-16(14)18/h3-8,11,13H,9-10,12H2,1-2H3,(H,19,21). The Morgan fingerprint density at radius 1 is 1.32 bits per heavy atom. The number of nitrogens with zero attached hydrogens (tertiary/aromatic N) is 1. The van der Waals surface area contributed by atoms with Crippen molar-refractivity contribution in [3.63, 3.8) is 0 Å². The first-order chi connectivity index (χ1) is 10.6. The Kier molecular flexibility index (Phi) is 6.43. The fourth-order valence-corrected chi connectivity index (χ4v) is 3.05. The number of likely N-dealkylation sites (N-methyl/N-ethyl adjacent to an activating group) is 1. The minimum Gasteiger partial charge on any atom is -0.354 e. The van der Waals surface area contributed by atoms with Gasteiger partial charge >= 0.3 is 0 Å². The third-order valence-electron chi connectivity index (χ3n) is 3.67. The van der Waals surface area contributed by atoms with Crippen LogP contribution >= 0.6 is 22.9 Å². The number of rotatable bonds is 7. The molecule has 1 heterocycles. The maximum Gasteiger partial charge on any atom is 0.237 e. The topological polar surface area (TPSA) is 32.3 Å². The third-order valence-corrected chi connectivity index (χ3v) is 4.97. The smallest absolute Gasteiger partial charge is 0.237 e. The molecule has 0 aliphatic rings. The van der Waals surface area contributed by atoms with Gasteiger partial charge in [0.05, 0.1) is 6.04 Å². The Bertz CT molecular complexity index is 600. The number of thiophene rings is 1. The summed E-state index contributed by atoms with van der Waals surface area (Å²) in [6.07, 6.45) is 0.879. The SMILES string of the molecule is CC(C(=O)NCCc1cccs1)N(C)Cc1ccccc1Cl. The van der Waals surface area contributed by atoms with Gasteiger partial charge in [0.25, 0.3) is 0 Å². The predicted molar refractivity (Wildman–Crippen MR) is 93.4 cm³/mol. The van der Waals surface area contributed by atoms with Crippen molar-refractivity contribution in [2.45, 2.75) is 25.9 Å². The molecule has 0 saturated heterocycles. The molecule has 0 fully saturated rings. The minimum absolute atomic E-state index is 0.0473. The summed E-state index contributed by atoms with van der Waals surface area (Å²) >= 11 is 7.88. The van der Waals surface area contributed by atoms with E-state index in [9.17, 15) is 4.79 Å². The Balaban J connectivity index is 1.80. The molecule has 1 unspecified atom stereocenters. The zero-order valence-electron chi connectivity index (χ0n) is 12.9. The quantitative estimate of drug-likeness (QED) is 0.838. The van der Waals surface area contributed by atoms with Gasteiger partial charge in [-0.1, -0.05) is 35.9 Å². The van der Waals surface area contributed by atoms with Gasteiger partial charge in [0.1, 0.15) is 0 Å². The van der Waals surface area contributed by atoms with Crippen molar-refractivity contribution in [1.82, 2.24) is 10.2 Å². The lowest BCUT2D eigenvalue weighted by Crippen LogP contribution is -2.43. The highest BCUT2D eigenvalue weighted by atomic mass is 35.5. The first-order valence-electron chi connectivity index (χ1n) is 7.31. The van der Waals surface area contributed by atoms with Gasteiger partial charge in [-0.3, -0.25) is 9.69 Å². The summed E-state index contributed by atoms with van der Waals surface area (Å²) in [4.78, 5) is 15.5. The summed E-state index contributed by atoms with van der Waals surface area (Å²) in [5.74, 6) is 0.0473. The molecular weight excluding hydrogens is 316 g/mol. The summed E-state index contributed by atoms with van der Waals surface area (Å²) in [6.45, 7) is 3.24. The Morgan fingerprint density at radius 3 is 2.77 bits per heavy atom. The summed E-state index contributed by atoms with van der Waals surface area (Å²) in [5.41, 5.74) is 1.03. The largest absolute Gasteiger partial charge is 0.354 e. The molecule has 0 spiro atoms. The highest BCUT2D eigenvalue weighted by Gasteiger charge is 2.18. The molecule has 0 radical (unpaired) electrons. The van der Waals surface area contributed by atoms with E-state index in [0.29, 0.717) is 13.1 Å². The third kappa shape index (κ3) is 4.83. The normalized spacial score (nSPS) is 12.4. The molecule has 0 bridgehead atoms. The van der Waals surface area contributed by atoms with E-state index >= 15 is 0 Å². The second kappa shape index (κ2) is 8.32. The van der Waals surface area contributed by atoms with Crippen LogP contribution in [-0.4, -0.2) is 30.4 Å². The number of amides is 1. The van der Waals surface area contributed by atoms with Crippen molar-refractivity contribution in [1.29, 1.82) is 0 Å². The lowest BCUT2D eigenvalue weighted by molar-refractivity contribution is -0.125. The van der Waals surface area contributed by atoms with Crippen LogP contribution in [0.5, 0.6) is 0 Å². The van der Waals surface area contributed by atoms with Crippen LogP contribution < -0.4 is 5.32 Å². The van der Waals surface area contributed by atoms with Gasteiger partial charge in [0, 0.05) is 23.0 Å². The second-order valence-corrected chi connectivity index (χ2v) is 6.74. The first-order valence-corrected chi connectivity index (χ1v) is 8.57. The number of hydrogen-bond acceptors (Lipinski definition) is 3. The van der Waals surface area contributed by atoms with Crippen molar-refractivity contribution < 1.29 is 4.79 Å². The van der Waals surface area contributed by atoms with E-state index in [-0.39, 0.29) is 11.9 Å². The highest BCUT2D eigenvalue weighted by Crippen LogP contribution is 2.17. The second-order valence-electron chi connectivity index (χ2n) is 5.30. The van der Waals surface area contributed by atoms with Crippen LogP contribution in [0.25, 0.3) is 0 Å². The fourth-order valence-electron chi connectivity index (χ4n) is 2.14. The summed E-state index contributed by atoms with van der Waals surface area (Å²) in [5, 5.41) is 5.78. The van der Waals surface area contributed by atoms with E-state index in [2.05, 4.69) is 16.8 Å². The molecule has 1 amide bonds. The molecule has 22 heavy (non-hydrogen) atoms. The Labute approximate surface area is 140 Å². The number of nitrogens with one attached hydrogen (secondary N) is 1. The molecule has 1 N–H and O–H groups in total.